The number of hydroxylamine groups is 1. The van der Waals surface area contributed by atoms with Crippen LogP contribution in [-0.2, 0) is 0 Å². The molecule has 0 saturated heterocycles. The zero-order valence-corrected chi connectivity index (χ0v) is 8.20. The van der Waals surface area contributed by atoms with E-state index in [1.165, 1.54) is 5.48 Å². The molecular weight excluding hydrogens is 271 g/mol. The Bertz CT molecular complexity index is 314. The van der Waals surface area contributed by atoms with Gasteiger partial charge in [0.2, 0.25) is 0 Å². The van der Waals surface area contributed by atoms with Crippen LogP contribution in [0.5, 0.6) is 0 Å². The number of nitrogen functional groups attached to an aromatic ring is 1. The molecule has 0 saturated carbocycles. The smallest absolute Gasteiger partial charge is 0.276 e. The Morgan fingerprint density at radius 1 is 1.58 bits per heavy atom. The van der Waals surface area contributed by atoms with E-state index in [-0.39, 0.29) is 5.56 Å². The minimum Gasteiger partial charge on any atom is -0.398 e. The lowest BCUT2D eigenvalue weighted by atomic mass is 10.2. The summed E-state index contributed by atoms with van der Waals surface area (Å²) < 4.78 is 0.889. The van der Waals surface area contributed by atoms with Gasteiger partial charge in [0.05, 0.1) is 5.56 Å². The molecule has 0 bridgehead atoms. The zero-order valence-electron chi connectivity index (χ0n) is 6.04. The van der Waals surface area contributed by atoms with Gasteiger partial charge in [0.15, 0.2) is 0 Å². The summed E-state index contributed by atoms with van der Waals surface area (Å²) in [5.41, 5.74) is 7.65. The van der Waals surface area contributed by atoms with Gasteiger partial charge in [0.1, 0.15) is 0 Å². The van der Waals surface area contributed by atoms with Gasteiger partial charge in [-0.15, -0.1) is 0 Å². The van der Waals surface area contributed by atoms with E-state index in [4.69, 9.17) is 10.9 Å². The minimum absolute atomic E-state index is 0.282. The van der Waals surface area contributed by atoms with Gasteiger partial charge in [-0.1, -0.05) is 0 Å². The predicted molar refractivity (Wildman–Crippen MR) is 52.8 cm³/mol. The first-order valence-corrected chi connectivity index (χ1v) is 4.22. The van der Waals surface area contributed by atoms with Gasteiger partial charge in [0, 0.05) is 9.26 Å². The molecule has 1 aromatic rings. The maximum absolute atomic E-state index is 10.9. The van der Waals surface area contributed by atoms with E-state index >= 15 is 0 Å². The number of carbonyl (C=O) groups is 1. The van der Waals surface area contributed by atoms with Crippen molar-refractivity contribution in [3.63, 3.8) is 0 Å². The molecule has 0 spiro atoms. The molecule has 0 unspecified atom stereocenters. The predicted octanol–water partition coefficient (Wildman–Crippen LogP) is 0.992. The first kappa shape index (κ1) is 9.27. The van der Waals surface area contributed by atoms with Crippen molar-refractivity contribution < 1.29 is 10.0 Å². The van der Waals surface area contributed by atoms with E-state index in [2.05, 4.69) is 22.6 Å². The van der Waals surface area contributed by atoms with Crippen LogP contribution in [0.15, 0.2) is 18.2 Å². The Kier molecular flexibility index (Phi) is 2.88. The van der Waals surface area contributed by atoms with Gasteiger partial charge in [0.25, 0.3) is 5.91 Å². The molecule has 0 fully saturated rings. The molecule has 0 atom stereocenters. The van der Waals surface area contributed by atoms with Crippen molar-refractivity contribution in [1.82, 2.24) is 5.48 Å². The molecule has 12 heavy (non-hydrogen) atoms. The minimum atomic E-state index is -0.592. The summed E-state index contributed by atoms with van der Waals surface area (Å²) in [6.45, 7) is 0. The Morgan fingerprint density at radius 3 is 2.83 bits per heavy atom. The summed E-state index contributed by atoms with van der Waals surface area (Å²) >= 11 is 2.05. The van der Waals surface area contributed by atoms with Crippen LogP contribution >= 0.6 is 22.6 Å². The summed E-state index contributed by atoms with van der Waals surface area (Å²) in [4.78, 5) is 10.9. The molecule has 0 aliphatic carbocycles. The second kappa shape index (κ2) is 3.72. The van der Waals surface area contributed by atoms with E-state index in [9.17, 15) is 4.79 Å². The number of amides is 1. The number of hydrogen-bond acceptors (Lipinski definition) is 3. The van der Waals surface area contributed by atoms with Crippen LogP contribution in [0.3, 0.4) is 0 Å². The van der Waals surface area contributed by atoms with E-state index in [1.54, 1.807) is 18.2 Å². The number of nitrogens with two attached hydrogens (primary N) is 1. The third-order valence-corrected chi connectivity index (χ3v) is 2.03. The summed E-state index contributed by atoms with van der Waals surface area (Å²) in [5.74, 6) is -0.592. The van der Waals surface area contributed by atoms with Crippen LogP contribution < -0.4 is 11.2 Å². The highest BCUT2D eigenvalue weighted by Gasteiger charge is 2.07. The maximum atomic E-state index is 10.9. The first-order chi connectivity index (χ1) is 5.65. The van der Waals surface area contributed by atoms with Crippen molar-refractivity contribution in [2.45, 2.75) is 0 Å². The molecule has 64 valence electrons. The van der Waals surface area contributed by atoms with Gasteiger partial charge in [-0.3, -0.25) is 10.0 Å². The fourth-order valence-corrected chi connectivity index (χ4v) is 1.28. The number of anilines is 1. The largest absolute Gasteiger partial charge is 0.398 e. The number of rotatable bonds is 1. The Labute approximate surface area is 82.9 Å². The third kappa shape index (κ3) is 1.86. The van der Waals surface area contributed by atoms with Gasteiger partial charge in [-0.25, -0.2) is 5.48 Å². The van der Waals surface area contributed by atoms with Crippen LogP contribution in [0.2, 0.25) is 0 Å². The number of hydrogen-bond donors (Lipinski definition) is 3. The highest BCUT2D eigenvalue weighted by atomic mass is 127. The standard InChI is InChI=1S/C7H7IN2O2/c8-4-1-2-6(9)5(3-4)7(11)10-12/h1-3,12H,9H2,(H,10,11). The average molecular weight is 278 g/mol. The SMILES string of the molecule is Nc1ccc(I)cc1C(=O)NO. The summed E-state index contributed by atoms with van der Waals surface area (Å²) in [6, 6.07) is 5.00. The normalized spacial score (nSPS) is 9.50. The molecule has 0 aliphatic rings. The van der Waals surface area contributed by atoms with Gasteiger partial charge in [-0.05, 0) is 40.8 Å². The monoisotopic (exact) mass is 278 g/mol. The van der Waals surface area contributed by atoms with Crippen molar-refractivity contribution in [3.8, 4) is 0 Å². The molecule has 1 aromatic carbocycles. The number of carbonyl (C=O) groups excluding carboxylic acids is 1. The fourth-order valence-electron chi connectivity index (χ4n) is 0.785. The highest BCUT2D eigenvalue weighted by Crippen LogP contribution is 2.15. The topological polar surface area (TPSA) is 75.4 Å². The van der Waals surface area contributed by atoms with Crippen LogP contribution in [-0.4, -0.2) is 11.1 Å². The first-order valence-electron chi connectivity index (χ1n) is 3.14. The Morgan fingerprint density at radius 2 is 2.25 bits per heavy atom. The number of benzene rings is 1. The van der Waals surface area contributed by atoms with Crippen LogP contribution in [0.25, 0.3) is 0 Å². The van der Waals surface area contributed by atoms with Crippen molar-refractivity contribution in [3.05, 3.63) is 27.3 Å². The average Bonchev–Trinajstić information content (AvgIpc) is 2.08. The summed E-state index contributed by atoms with van der Waals surface area (Å²) in [7, 11) is 0. The number of nitrogens with one attached hydrogen (secondary N) is 1. The highest BCUT2D eigenvalue weighted by molar-refractivity contribution is 14.1. The van der Waals surface area contributed by atoms with E-state index in [0.717, 1.165) is 3.57 Å². The van der Waals surface area contributed by atoms with Crippen molar-refractivity contribution in [2.24, 2.45) is 0 Å². The molecule has 0 heterocycles. The lowest BCUT2D eigenvalue weighted by Gasteiger charge is -2.02. The molecule has 0 aliphatic heterocycles. The fraction of sp³-hybridized carbons (Fsp3) is 0. The van der Waals surface area contributed by atoms with Crippen LogP contribution in [0.4, 0.5) is 5.69 Å². The zero-order chi connectivity index (χ0) is 9.14. The lowest BCUT2D eigenvalue weighted by Crippen LogP contribution is -2.20. The number of halogens is 1. The molecule has 0 aromatic heterocycles. The van der Waals surface area contributed by atoms with Gasteiger partial charge in [-0.2, -0.15) is 0 Å². The van der Waals surface area contributed by atoms with Gasteiger partial charge >= 0.3 is 0 Å². The molecule has 5 heteroatoms. The van der Waals surface area contributed by atoms with E-state index in [1.807, 2.05) is 0 Å². The van der Waals surface area contributed by atoms with Crippen LogP contribution in [0.1, 0.15) is 10.4 Å². The summed E-state index contributed by atoms with van der Waals surface area (Å²) in [6.07, 6.45) is 0. The quantitative estimate of drug-likeness (QED) is 0.310. The third-order valence-electron chi connectivity index (χ3n) is 1.36. The Balaban J connectivity index is 3.13. The molecule has 1 rings (SSSR count). The molecule has 4 nitrogen and oxygen atoms in total. The van der Waals surface area contributed by atoms with Crippen LogP contribution in [0, 0.1) is 3.57 Å². The summed E-state index contributed by atoms with van der Waals surface area (Å²) in [5, 5.41) is 8.35. The molecule has 1 amide bonds. The molecule has 0 radical (unpaired) electrons. The van der Waals surface area contributed by atoms with Crippen molar-refractivity contribution >= 4 is 34.2 Å². The van der Waals surface area contributed by atoms with Crippen molar-refractivity contribution in [2.75, 3.05) is 5.73 Å². The molecule has 4 N–H and O–H groups in total. The molecular formula is C7H7IN2O2. The second-order valence-electron chi connectivity index (χ2n) is 2.17. The lowest BCUT2D eigenvalue weighted by molar-refractivity contribution is 0.0707. The van der Waals surface area contributed by atoms with E-state index in [0.29, 0.717) is 5.69 Å². The van der Waals surface area contributed by atoms with Crippen molar-refractivity contribution in [1.29, 1.82) is 0 Å². The Hall–Kier alpha value is -0.820. The maximum Gasteiger partial charge on any atom is 0.276 e. The van der Waals surface area contributed by atoms with Gasteiger partial charge < -0.3 is 5.73 Å². The second-order valence-corrected chi connectivity index (χ2v) is 3.42. The van der Waals surface area contributed by atoms with E-state index < -0.39 is 5.91 Å².